The number of sulfone groups is 1. The lowest BCUT2D eigenvalue weighted by molar-refractivity contribution is 0.402. The van der Waals surface area contributed by atoms with Crippen LogP contribution in [0.1, 0.15) is 11.1 Å². The minimum absolute atomic E-state index is 0.327. The summed E-state index contributed by atoms with van der Waals surface area (Å²) in [5.41, 5.74) is 7.76. The number of rotatable bonds is 5. The predicted molar refractivity (Wildman–Crippen MR) is 124 cm³/mol. The number of aryl methyl sites for hydroxylation is 1. The molecular formula is C25H26N2O2S. The second-order valence-electron chi connectivity index (χ2n) is 8.16. The van der Waals surface area contributed by atoms with Crippen molar-refractivity contribution in [3.63, 3.8) is 0 Å². The monoisotopic (exact) mass is 418 g/mol. The second kappa shape index (κ2) is 7.74. The number of nitrogens with zero attached hydrogens (tertiary/aromatic N) is 1. The third-order valence-electron chi connectivity index (χ3n) is 5.27. The fourth-order valence-electron chi connectivity index (χ4n) is 3.83. The van der Waals surface area contributed by atoms with E-state index in [9.17, 15) is 8.42 Å². The van der Waals surface area contributed by atoms with Gasteiger partial charge in [-0.3, -0.25) is 0 Å². The molecule has 0 unspecified atom stereocenters. The summed E-state index contributed by atoms with van der Waals surface area (Å²) >= 11 is 0. The number of benzene rings is 3. The Morgan fingerprint density at radius 2 is 1.50 bits per heavy atom. The van der Waals surface area contributed by atoms with Gasteiger partial charge in [-0.25, -0.2) is 8.42 Å². The van der Waals surface area contributed by atoms with Gasteiger partial charge in [0.15, 0.2) is 9.84 Å². The SMILES string of the molecule is Cc1ccc2[nH]c(-c3ccc(S(C)(=O)=O)cc3)c(-c3ccc(CN(C)C)cc3)c2c1. The van der Waals surface area contributed by atoms with Crippen molar-refractivity contribution >= 4 is 20.7 Å². The van der Waals surface area contributed by atoms with Gasteiger partial charge in [0.05, 0.1) is 10.6 Å². The fourth-order valence-corrected chi connectivity index (χ4v) is 4.46. The molecule has 154 valence electrons. The largest absolute Gasteiger partial charge is 0.354 e. The van der Waals surface area contributed by atoms with Gasteiger partial charge in [-0.2, -0.15) is 0 Å². The van der Waals surface area contributed by atoms with Gasteiger partial charge in [0, 0.05) is 29.3 Å². The van der Waals surface area contributed by atoms with Crippen LogP contribution < -0.4 is 0 Å². The van der Waals surface area contributed by atoms with Crippen molar-refractivity contribution in [2.24, 2.45) is 0 Å². The molecule has 0 fully saturated rings. The molecule has 0 saturated heterocycles. The van der Waals surface area contributed by atoms with Crippen LogP contribution in [0.3, 0.4) is 0 Å². The standard InChI is InChI=1S/C25H26N2O2S/c1-17-5-14-23-22(15-17)24(19-8-6-18(7-9-19)16-27(2)3)25(26-23)20-10-12-21(13-11-20)30(4,28)29/h5-15,26H,16H2,1-4H3. The van der Waals surface area contributed by atoms with E-state index in [1.54, 1.807) is 12.1 Å². The zero-order valence-electron chi connectivity index (χ0n) is 17.7. The molecule has 4 aromatic rings. The van der Waals surface area contributed by atoms with Gasteiger partial charge in [0.1, 0.15) is 0 Å². The highest BCUT2D eigenvalue weighted by atomic mass is 32.2. The lowest BCUT2D eigenvalue weighted by atomic mass is 9.97. The normalized spacial score (nSPS) is 12.0. The summed E-state index contributed by atoms with van der Waals surface area (Å²) in [6.45, 7) is 2.99. The molecule has 4 rings (SSSR count). The molecule has 0 aliphatic carbocycles. The Kier molecular flexibility index (Phi) is 5.26. The lowest BCUT2D eigenvalue weighted by Crippen LogP contribution is -2.10. The number of hydrogen-bond donors (Lipinski definition) is 1. The van der Waals surface area contributed by atoms with E-state index < -0.39 is 9.84 Å². The van der Waals surface area contributed by atoms with Gasteiger partial charge in [-0.1, -0.05) is 48.0 Å². The van der Waals surface area contributed by atoms with Gasteiger partial charge >= 0.3 is 0 Å². The van der Waals surface area contributed by atoms with Crippen LogP contribution >= 0.6 is 0 Å². The van der Waals surface area contributed by atoms with E-state index in [0.29, 0.717) is 4.90 Å². The van der Waals surface area contributed by atoms with Crippen LogP contribution in [0.25, 0.3) is 33.3 Å². The van der Waals surface area contributed by atoms with Crippen LogP contribution in [-0.2, 0) is 16.4 Å². The fraction of sp³-hybridized carbons (Fsp3) is 0.200. The summed E-state index contributed by atoms with van der Waals surface area (Å²) in [5.74, 6) is 0. The van der Waals surface area contributed by atoms with Crippen molar-refractivity contribution in [2.45, 2.75) is 18.4 Å². The number of nitrogens with one attached hydrogen (secondary N) is 1. The van der Waals surface area contributed by atoms with Gasteiger partial charge < -0.3 is 9.88 Å². The number of H-pyrrole nitrogens is 1. The maximum atomic E-state index is 11.8. The van der Waals surface area contributed by atoms with Gasteiger partial charge in [0.2, 0.25) is 0 Å². The van der Waals surface area contributed by atoms with Gasteiger partial charge in [-0.15, -0.1) is 0 Å². The molecule has 0 amide bonds. The smallest absolute Gasteiger partial charge is 0.175 e. The number of hydrogen-bond acceptors (Lipinski definition) is 3. The van der Waals surface area contributed by atoms with E-state index in [4.69, 9.17) is 0 Å². The van der Waals surface area contributed by atoms with Crippen molar-refractivity contribution in [3.05, 3.63) is 77.9 Å². The first-order chi connectivity index (χ1) is 14.2. The lowest BCUT2D eigenvalue weighted by Gasteiger charge is -2.11. The molecule has 0 radical (unpaired) electrons. The van der Waals surface area contributed by atoms with E-state index in [1.165, 1.54) is 17.4 Å². The van der Waals surface area contributed by atoms with Crippen LogP contribution in [0.2, 0.25) is 0 Å². The molecule has 3 aromatic carbocycles. The molecule has 30 heavy (non-hydrogen) atoms. The van der Waals surface area contributed by atoms with Crippen molar-refractivity contribution in [3.8, 4) is 22.4 Å². The van der Waals surface area contributed by atoms with Crippen LogP contribution in [0, 0.1) is 6.92 Å². The van der Waals surface area contributed by atoms with Crippen LogP contribution in [0.15, 0.2) is 71.6 Å². The Morgan fingerprint density at radius 1 is 0.867 bits per heavy atom. The molecule has 0 spiro atoms. The van der Waals surface area contributed by atoms with E-state index in [-0.39, 0.29) is 0 Å². The Balaban J connectivity index is 1.88. The number of aromatic amines is 1. The average Bonchev–Trinajstić information content (AvgIpc) is 3.06. The third kappa shape index (κ3) is 4.04. The van der Waals surface area contributed by atoms with Crippen LogP contribution in [-0.4, -0.2) is 38.7 Å². The Labute approximate surface area is 178 Å². The van der Waals surface area contributed by atoms with E-state index in [1.807, 2.05) is 12.1 Å². The Hall–Kier alpha value is -2.89. The highest BCUT2D eigenvalue weighted by Gasteiger charge is 2.16. The van der Waals surface area contributed by atoms with Crippen molar-refractivity contribution < 1.29 is 8.42 Å². The van der Waals surface area contributed by atoms with Gasteiger partial charge in [-0.05, 0) is 62.0 Å². The van der Waals surface area contributed by atoms with E-state index in [0.717, 1.165) is 39.8 Å². The maximum absolute atomic E-state index is 11.8. The molecule has 5 heteroatoms. The zero-order valence-corrected chi connectivity index (χ0v) is 18.5. The first-order valence-corrected chi connectivity index (χ1v) is 11.8. The minimum Gasteiger partial charge on any atom is -0.354 e. The molecule has 1 heterocycles. The summed E-state index contributed by atoms with van der Waals surface area (Å²) in [6, 6.07) is 22.1. The summed E-state index contributed by atoms with van der Waals surface area (Å²) in [7, 11) is 0.905. The summed E-state index contributed by atoms with van der Waals surface area (Å²) in [6.07, 6.45) is 1.23. The predicted octanol–water partition coefficient (Wildman–Crippen LogP) is 5.28. The Morgan fingerprint density at radius 3 is 2.10 bits per heavy atom. The summed E-state index contributed by atoms with van der Waals surface area (Å²) in [5, 5.41) is 1.16. The molecule has 1 aromatic heterocycles. The Bertz CT molecular complexity index is 1300. The number of fused-ring (bicyclic) bond motifs is 1. The minimum atomic E-state index is -3.22. The van der Waals surface area contributed by atoms with Gasteiger partial charge in [0.25, 0.3) is 0 Å². The zero-order chi connectivity index (χ0) is 21.5. The highest BCUT2D eigenvalue weighted by molar-refractivity contribution is 7.90. The van der Waals surface area contributed by atoms with Crippen molar-refractivity contribution in [1.29, 1.82) is 0 Å². The average molecular weight is 419 g/mol. The van der Waals surface area contributed by atoms with Crippen molar-refractivity contribution in [1.82, 2.24) is 9.88 Å². The third-order valence-corrected chi connectivity index (χ3v) is 6.40. The molecule has 0 saturated carbocycles. The molecule has 1 N–H and O–H groups in total. The topological polar surface area (TPSA) is 53.2 Å². The molecule has 0 aliphatic rings. The molecular weight excluding hydrogens is 392 g/mol. The quantitative estimate of drug-likeness (QED) is 0.480. The van der Waals surface area contributed by atoms with E-state index in [2.05, 4.69) is 73.4 Å². The molecule has 0 atom stereocenters. The highest BCUT2D eigenvalue weighted by Crippen LogP contribution is 2.39. The van der Waals surface area contributed by atoms with E-state index >= 15 is 0 Å². The van der Waals surface area contributed by atoms with Crippen molar-refractivity contribution in [2.75, 3.05) is 20.4 Å². The molecule has 0 bridgehead atoms. The van der Waals surface area contributed by atoms with Crippen LogP contribution in [0.4, 0.5) is 0 Å². The first kappa shape index (κ1) is 20.4. The van der Waals surface area contributed by atoms with Crippen LogP contribution in [0.5, 0.6) is 0 Å². The summed E-state index contributed by atoms with van der Waals surface area (Å²) in [4.78, 5) is 6.03. The maximum Gasteiger partial charge on any atom is 0.175 e. The second-order valence-corrected chi connectivity index (χ2v) is 10.2. The number of aromatic nitrogens is 1. The molecule has 4 nitrogen and oxygen atoms in total. The molecule has 0 aliphatic heterocycles. The summed E-state index contributed by atoms with van der Waals surface area (Å²) < 4.78 is 23.7. The first-order valence-electron chi connectivity index (χ1n) is 9.89.